The second-order valence-electron chi connectivity index (χ2n) is 2.61. The molecule has 2 amide bonds. The van der Waals surface area contributed by atoms with Crippen LogP contribution in [-0.4, -0.2) is 24.2 Å². The highest BCUT2D eigenvalue weighted by Crippen LogP contribution is 2.19. The van der Waals surface area contributed by atoms with Crippen LogP contribution in [0.2, 0.25) is 0 Å². The van der Waals surface area contributed by atoms with Crippen LogP contribution in [-0.2, 0) is 4.74 Å². The van der Waals surface area contributed by atoms with Crippen LogP contribution in [0.1, 0.15) is 0 Å². The van der Waals surface area contributed by atoms with Crippen LogP contribution in [0.25, 0.3) is 0 Å². The number of carbonyl (C=O) groups is 1. The van der Waals surface area contributed by atoms with Crippen molar-refractivity contribution in [2.45, 2.75) is 0 Å². The van der Waals surface area contributed by atoms with Gasteiger partial charge in [0.15, 0.2) is 0 Å². The number of nitrogens with one attached hydrogen (secondary N) is 1. The summed E-state index contributed by atoms with van der Waals surface area (Å²) in [6, 6.07) is -0.494. The molecule has 0 aromatic heterocycles. The van der Waals surface area contributed by atoms with Crippen LogP contribution in [0.15, 0.2) is 23.6 Å². The molecular formula is C7H9N3O2. The van der Waals surface area contributed by atoms with Crippen LogP contribution >= 0.6 is 0 Å². The Kier molecular flexibility index (Phi) is 1.51. The van der Waals surface area contributed by atoms with Crippen molar-refractivity contribution >= 4 is 6.03 Å². The Morgan fingerprint density at radius 2 is 2.58 bits per heavy atom. The molecule has 0 unspecified atom stereocenters. The summed E-state index contributed by atoms with van der Waals surface area (Å²) in [5, 5.41) is 1.33. The second kappa shape index (κ2) is 2.53. The smallest absolute Gasteiger partial charge is 0.333 e. The van der Waals surface area contributed by atoms with Crippen molar-refractivity contribution in [3.63, 3.8) is 0 Å². The first kappa shape index (κ1) is 7.17. The van der Waals surface area contributed by atoms with Crippen molar-refractivity contribution in [3.05, 3.63) is 23.6 Å². The molecular weight excluding hydrogens is 158 g/mol. The summed E-state index contributed by atoms with van der Waals surface area (Å²) in [6.07, 6.45) is 3.28. The van der Waals surface area contributed by atoms with Gasteiger partial charge < -0.3 is 10.5 Å². The lowest BCUT2D eigenvalue weighted by Crippen LogP contribution is -2.40. The Morgan fingerprint density at radius 1 is 1.75 bits per heavy atom. The summed E-state index contributed by atoms with van der Waals surface area (Å²) < 4.78 is 5.05. The molecule has 0 aromatic carbocycles. The van der Waals surface area contributed by atoms with E-state index < -0.39 is 6.03 Å². The van der Waals surface area contributed by atoms with Gasteiger partial charge in [0.05, 0.1) is 12.0 Å². The highest BCUT2D eigenvalue weighted by atomic mass is 16.5. The standard InChI is InChI=1S/C7H9N3O2/c8-7(11)10-6-1-2-12-4-5(6)3-9-10/h1-2,9H,3-4H2,(H2,8,11). The number of primary amides is 1. The van der Waals surface area contributed by atoms with E-state index in [-0.39, 0.29) is 0 Å². The number of nitrogens with two attached hydrogens (primary N) is 1. The lowest BCUT2D eigenvalue weighted by Gasteiger charge is -2.16. The van der Waals surface area contributed by atoms with Gasteiger partial charge in [0, 0.05) is 12.1 Å². The fraction of sp³-hybridized carbons (Fsp3) is 0.286. The van der Waals surface area contributed by atoms with Gasteiger partial charge in [-0.1, -0.05) is 0 Å². The molecule has 5 nitrogen and oxygen atoms in total. The third kappa shape index (κ3) is 0.947. The first-order valence-corrected chi connectivity index (χ1v) is 3.62. The number of hydrazine groups is 1. The van der Waals surface area contributed by atoms with E-state index in [4.69, 9.17) is 10.5 Å². The molecule has 2 aliphatic rings. The summed E-state index contributed by atoms with van der Waals surface area (Å²) in [7, 11) is 0. The number of hydrogen-bond acceptors (Lipinski definition) is 3. The number of urea groups is 1. The predicted octanol–water partition coefficient (Wildman–Crippen LogP) is -0.317. The van der Waals surface area contributed by atoms with Crippen molar-refractivity contribution in [1.82, 2.24) is 10.4 Å². The molecule has 0 saturated heterocycles. The zero-order valence-corrected chi connectivity index (χ0v) is 6.41. The van der Waals surface area contributed by atoms with Gasteiger partial charge in [-0.25, -0.2) is 15.2 Å². The van der Waals surface area contributed by atoms with Gasteiger partial charge in [-0.15, -0.1) is 0 Å². The Balaban J connectivity index is 2.28. The number of ether oxygens (including phenoxy) is 1. The average Bonchev–Trinajstić information content (AvgIpc) is 2.47. The van der Waals surface area contributed by atoms with Gasteiger partial charge >= 0.3 is 6.03 Å². The first-order chi connectivity index (χ1) is 5.79. The maximum absolute atomic E-state index is 10.8. The lowest BCUT2D eigenvalue weighted by molar-refractivity contribution is 0.210. The number of rotatable bonds is 0. The Bertz CT molecular complexity index is 282. The van der Waals surface area contributed by atoms with Crippen LogP contribution in [0.5, 0.6) is 0 Å². The van der Waals surface area contributed by atoms with Gasteiger partial charge in [-0.05, 0) is 6.08 Å². The van der Waals surface area contributed by atoms with Gasteiger partial charge in [0.2, 0.25) is 0 Å². The molecule has 5 heteroatoms. The number of carbonyl (C=O) groups excluding carboxylic acids is 1. The number of allylic oxidation sites excluding steroid dienone is 1. The van der Waals surface area contributed by atoms with E-state index in [1.54, 1.807) is 12.3 Å². The normalized spacial score (nSPS) is 20.8. The molecule has 0 saturated carbocycles. The maximum atomic E-state index is 10.8. The van der Waals surface area contributed by atoms with E-state index in [1.165, 1.54) is 5.01 Å². The summed E-state index contributed by atoms with van der Waals surface area (Å²) in [5.41, 5.74) is 9.84. The molecule has 0 bridgehead atoms. The summed E-state index contributed by atoms with van der Waals surface area (Å²) in [4.78, 5) is 10.8. The zero-order valence-electron chi connectivity index (χ0n) is 6.41. The second-order valence-corrected chi connectivity index (χ2v) is 2.61. The van der Waals surface area contributed by atoms with Crippen LogP contribution in [0.4, 0.5) is 4.79 Å². The molecule has 0 spiro atoms. The fourth-order valence-electron chi connectivity index (χ4n) is 1.28. The number of nitrogens with zero attached hydrogens (tertiary/aromatic N) is 1. The van der Waals surface area contributed by atoms with Gasteiger partial charge in [0.1, 0.15) is 6.61 Å². The Hall–Kier alpha value is -1.49. The van der Waals surface area contributed by atoms with E-state index in [1.807, 2.05) is 0 Å². The first-order valence-electron chi connectivity index (χ1n) is 3.62. The van der Waals surface area contributed by atoms with Crippen LogP contribution < -0.4 is 11.2 Å². The monoisotopic (exact) mass is 167 g/mol. The van der Waals surface area contributed by atoms with Gasteiger partial charge in [0.25, 0.3) is 0 Å². The zero-order chi connectivity index (χ0) is 8.55. The summed E-state index contributed by atoms with van der Waals surface area (Å²) >= 11 is 0. The molecule has 0 radical (unpaired) electrons. The van der Waals surface area contributed by atoms with E-state index in [2.05, 4.69) is 5.43 Å². The average molecular weight is 167 g/mol. The minimum absolute atomic E-state index is 0.494. The summed E-state index contributed by atoms with van der Waals surface area (Å²) in [6.45, 7) is 1.16. The Morgan fingerprint density at radius 3 is 3.33 bits per heavy atom. The van der Waals surface area contributed by atoms with E-state index >= 15 is 0 Å². The van der Waals surface area contributed by atoms with E-state index in [0.29, 0.717) is 13.2 Å². The molecule has 3 N–H and O–H groups in total. The predicted molar refractivity (Wildman–Crippen MR) is 41.5 cm³/mol. The van der Waals surface area contributed by atoms with Crippen molar-refractivity contribution in [2.24, 2.45) is 5.73 Å². The van der Waals surface area contributed by atoms with Crippen molar-refractivity contribution < 1.29 is 9.53 Å². The highest BCUT2D eigenvalue weighted by Gasteiger charge is 2.25. The topological polar surface area (TPSA) is 67.6 Å². The molecule has 2 rings (SSSR count). The molecule has 0 fully saturated rings. The van der Waals surface area contributed by atoms with Gasteiger partial charge in [-0.3, -0.25) is 0 Å². The third-order valence-electron chi connectivity index (χ3n) is 1.85. The quantitative estimate of drug-likeness (QED) is 0.519. The third-order valence-corrected chi connectivity index (χ3v) is 1.85. The van der Waals surface area contributed by atoms with Gasteiger partial charge in [-0.2, -0.15) is 0 Å². The fourth-order valence-corrected chi connectivity index (χ4v) is 1.28. The maximum Gasteiger partial charge on any atom is 0.333 e. The number of hydrogen-bond donors (Lipinski definition) is 2. The molecule has 2 heterocycles. The Labute approximate surface area is 69.4 Å². The van der Waals surface area contributed by atoms with Crippen molar-refractivity contribution in [2.75, 3.05) is 13.2 Å². The minimum Gasteiger partial charge on any atom is -0.497 e. The van der Waals surface area contributed by atoms with Crippen LogP contribution in [0, 0.1) is 0 Å². The molecule has 2 aliphatic heterocycles. The minimum atomic E-state index is -0.494. The van der Waals surface area contributed by atoms with Crippen LogP contribution in [0.3, 0.4) is 0 Å². The molecule has 64 valence electrons. The molecule has 12 heavy (non-hydrogen) atoms. The number of amides is 2. The molecule has 0 aliphatic carbocycles. The van der Waals surface area contributed by atoms with E-state index in [9.17, 15) is 4.79 Å². The largest absolute Gasteiger partial charge is 0.497 e. The van der Waals surface area contributed by atoms with Crippen molar-refractivity contribution in [3.8, 4) is 0 Å². The van der Waals surface area contributed by atoms with E-state index in [0.717, 1.165) is 11.3 Å². The van der Waals surface area contributed by atoms with Crippen molar-refractivity contribution in [1.29, 1.82) is 0 Å². The lowest BCUT2D eigenvalue weighted by atomic mass is 10.2. The molecule has 0 aromatic rings. The SMILES string of the molecule is NC(=O)N1NCC2=C1C=COC2. The highest BCUT2D eigenvalue weighted by molar-refractivity contribution is 5.75. The molecule has 0 atom stereocenters. The summed E-state index contributed by atoms with van der Waals surface area (Å²) in [5.74, 6) is 0.